The Kier molecular flexibility index (Phi) is 4.76. The number of carbonyl (C=O) groups excluding carboxylic acids is 1. The highest BCUT2D eigenvalue weighted by Gasteiger charge is 2.58. The number of aromatic nitrogens is 4. The lowest BCUT2D eigenvalue weighted by molar-refractivity contribution is -0.133. The minimum Gasteiger partial charge on any atom is -0.390 e. The molecule has 0 aromatic carbocycles. The first-order valence-corrected chi connectivity index (χ1v) is 12.7. The van der Waals surface area contributed by atoms with Crippen LogP contribution in [0.15, 0.2) is 18.3 Å². The first kappa shape index (κ1) is 20.8. The SMILES string of the molecule is C[C@@]1(O)CC[C@H]2[C@H](CC[C@@H]3[C@@H]2CC[C@]2(C)[C@@H](C(=O)Cn4nnc5cccnc54)CC[C@@H]32)C1. The van der Waals surface area contributed by atoms with E-state index < -0.39 is 5.60 Å². The number of rotatable bonds is 3. The van der Waals surface area contributed by atoms with Crippen molar-refractivity contribution < 1.29 is 9.90 Å². The van der Waals surface area contributed by atoms with Crippen molar-refractivity contribution in [3.8, 4) is 0 Å². The Hall–Kier alpha value is -1.82. The maximum atomic E-state index is 13.5. The molecule has 172 valence electrons. The zero-order valence-corrected chi connectivity index (χ0v) is 19.4. The molecule has 0 saturated heterocycles. The molecule has 8 atom stereocenters. The van der Waals surface area contributed by atoms with E-state index in [2.05, 4.69) is 22.2 Å². The van der Waals surface area contributed by atoms with E-state index in [0.717, 1.165) is 42.5 Å². The average Bonchev–Trinajstić information content (AvgIpc) is 3.33. The molecule has 6 heteroatoms. The average molecular weight is 437 g/mol. The van der Waals surface area contributed by atoms with E-state index in [9.17, 15) is 9.90 Å². The van der Waals surface area contributed by atoms with Crippen molar-refractivity contribution in [2.75, 3.05) is 0 Å². The summed E-state index contributed by atoms with van der Waals surface area (Å²) in [7, 11) is 0. The summed E-state index contributed by atoms with van der Waals surface area (Å²) in [6.07, 6.45) is 12.1. The highest BCUT2D eigenvalue weighted by atomic mass is 16.3. The topological polar surface area (TPSA) is 80.9 Å². The number of nitrogens with zero attached hydrogens (tertiary/aromatic N) is 4. The molecular weight excluding hydrogens is 400 g/mol. The summed E-state index contributed by atoms with van der Waals surface area (Å²) in [6.45, 7) is 4.74. The van der Waals surface area contributed by atoms with Gasteiger partial charge >= 0.3 is 0 Å². The second kappa shape index (κ2) is 7.34. The summed E-state index contributed by atoms with van der Waals surface area (Å²) < 4.78 is 1.69. The standard InChI is InChI=1S/C26H36N4O2/c1-25(32)11-9-17-16(14-25)5-6-19-18(17)10-12-26(2)20(19)7-8-21(26)23(31)15-30-24-22(28-29-30)4-3-13-27-24/h3-4,13,16-21,32H,5-12,14-15H2,1-2H3/t16-,17+,18-,19-,20+,21-,25-,26+/m1/s1. The first-order chi connectivity index (χ1) is 15.4. The number of fused-ring (bicyclic) bond motifs is 6. The van der Waals surface area contributed by atoms with Crippen LogP contribution < -0.4 is 0 Å². The van der Waals surface area contributed by atoms with Crippen LogP contribution >= 0.6 is 0 Å². The van der Waals surface area contributed by atoms with E-state index in [0.29, 0.717) is 23.3 Å². The van der Waals surface area contributed by atoms with Gasteiger partial charge in [0.25, 0.3) is 0 Å². The van der Waals surface area contributed by atoms with Gasteiger partial charge < -0.3 is 5.11 Å². The van der Waals surface area contributed by atoms with Gasteiger partial charge in [0.2, 0.25) is 0 Å². The molecule has 2 aromatic rings. The van der Waals surface area contributed by atoms with Crippen molar-refractivity contribution >= 4 is 16.9 Å². The Labute approximate surface area is 190 Å². The maximum Gasteiger partial charge on any atom is 0.178 e. The summed E-state index contributed by atoms with van der Waals surface area (Å²) in [4.78, 5) is 17.9. The molecule has 4 aliphatic carbocycles. The van der Waals surface area contributed by atoms with Crippen LogP contribution in [0.5, 0.6) is 0 Å². The molecule has 2 heterocycles. The summed E-state index contributed by atoms with van der Waals surface area (Å²) in [5, 5.41) is 19.0. The van der Waals surface area contributed by atoms with Crippen molar-refractivity contribution in [3.63, 3.8) is 0 Å². The van der Waals surface area contributed by atoms with Gasteiger partial charge in [0, 0.05) is 12.1 Å². The molecule has 0 spiro atoms. The lowest BCUT2D eigenvalue weighted by atomic mass is 9.49. The predicted molar refractivity (Wildman–Crippen MR) is 122 cm³/mol. The third-order valence-corrected chi connectivity index (χ3v) is 10.2. The minimum absolute atomic E-state index is 0.120. The molecule has 6 nitrogen and oxygen atoms in total. The second-order valence-corrected chi connectivity index (χ2v) is 11.9. The minimum atomic E-state index is -0.456. The highest BCUT2D eigenvalue weighted by Crippen LogP contribution is 2.64. The Balaban J connectivity index is 1.20. The summed E-state index contributed by atoms with van der Waals surface area (Å²) in [5.41, 5.74) is 1.12. The zero-order valence-electron chi connectivity index (χ0n) is 19.4. The lowest BCUT2D eigenvalue weighted by Crippen LogP contribution is -2.51. The fraction of sp³-hybridized carbons (Fsp3) is 0.769. The van der Waals surface area contributed by atoms with E-state index in [4.69, 9.17) is 0 Å². The van der Waals surface area contributed by atoms with E-state index in [1.54, 1.807) is 10.9 Å². The molecule has 0 bridgehead atoms. The highest BCUT2D eigenvalue weighted by molar-refractivity contribution is 5.83. The van der Waals surface area contributed by atoms with Gasteiger partial charge in [-0.05, 0) is 112 Å². The molecule has 0 radical (unpaired) electrons. The zero-order chi connectivity index (χ0) is 22.1. The van der Waals surface area contributed by atoms with Crippen LogP contribution in [0.2, 0.25) is 0 Å². The lowest BCUT2D eigenvalue weighted by Gasteiger charge is -2.56. The molecule has 4 fully saturated rings. The van der Waals surface area contributed by atoms with Crippen molar-refractivity contribution in [1.29, 1.82) is 0 Å². The normalized spacial score (nSPS) is 43.5. The second-order valence-electron chi connectivity index (χ2n) is 11.9. The van der Waals surface area contributed by atoms with Gasteiger partial charge in [-0.25, -0.2) is 9.67 Å². The van der Waals surface area contributed by atoms with Gasteiger partial charge in [-0.2, -0.15) is 0 Å². The number of aliphatic hydroxyl groups is 1. The van der Waals surface area contributed by atoms with Crippen LogP contribution in [0.4, 0.5) is 0 Å². The number of hydrogen-bond acceptors (Lipinski definition) is 5. The van der Waals surface area contributed by atoms with Crippen LogP contribution in [0.25, 0.3) is 11.2 Å². The Morgan fingerprint density at radius 1 is 1.09 bits per heavy atom. The van der Waals surface area contributed by atoms with E-state index in [-0.39, 0.29) is 17.9 Å². The molecule has 0 amide bonds. The first-order valence-electron chi connectivity index (χ1n) is 12.7. The van der Waals surface area contributed by atoms with Gasteiger partial charge in [0.1, 0.15) is 12.1 Å². The van der Waals surface area contributed by atoms with Gasteiger partial charge in [-0.3, -0.25) is 4.79 Å². The van der Waals surface area contributed by atoms with Gasteiger partial charge in [0.15, 0.2) is 11.4 Å². The number of hydrogen-bond donors (Lipinski definition) is 1. The molecule has 1 N–H and O–H groups in total. The van der Waals surface area contributed by atoms with Crippen LogP contribution in [0, 0.1) is 40.9 Å². The summed E-state index contributed by atoms with van der Waals surface area (Å²) >= 11 is 0. The molecular formula is C26H36N4O2. The van der Waals surface area contributed by atoms with Gasteiger partial charge in [-0.1, -0.05) is 12.1 Å². The van der Waals surface area contributed by atoms with Gasteiger partial charge in [-0.15, -0.1) is 5.10 Å². The molecule has 0 aliphatic heterocycles. The monoisotopic (exact) mass is 436 g/mol. The molecule has 2 aromatic heterocycles. The fourth-order valence-corrected chi connectivity index (χ4v) is 8.78. The predicted octanol–water partition coefficient (Wildman–Crippen LogP) is 4.42. The third kappa shape index (κ3) is 3.16. The number of pyridine rings is 1. The third-order valence-electron chi connectivity index (χ3n) is 10.2. The van der Waals surface area contributed by atoms with E-state index in [1.165, 1.54) is 38.5 Å². The smallest absolute Gasteiger partial charge is 0.178 e. The molecule has 6 rings (SSSR count). The van der Waals surface area contributed by atoms with Crippen LogP contribution in [0.3, 0.4) is 0 Å². The quantitative estimate of drug-likeness (QED) is 0.771. The Morgan fingerprint density at radius 2 is 1.94 bits per heavy atom. The van der Waals surface area contributed by atoms with Gasteiger partial charge in [0.05, 0.1) is 5.60 Å². The molecule has 4 aliphatic rings. The van der Waals surface area contributed by atoms with E-state index in [1.807, 2.05) is 19.1 Å². The maximum absolute atomic E-state index is 13.5. The fourth-order valence-electron chi connectivity index (χ4n) is 8.78. The molecule has 0 unspecified atom stereocenters. The van der Waals surface area contributed by atoms with Crippen molar-refractivity contribution in [2.24, 2.45) is 40.9 Å². The summed E-state index contributed by atoms with van der Waals surface area (Å²) in [5.74, 6) is 4.18. The van der Waals surface area contributed by atoms with Crippen LogP contribution in [0.1, 0.15) is 71.6 Å². The number of Topliss-reactive ketones (excluding diaryl/α,β-unsaturated/α-hetero) is 1. The number of ketones is 1. The Morgan fingerprint density at radius 3 is 2.81 bits per heavy atom. The molecule has 4 saturated carbocycles. The largest absolute Gasteiger partial charge is 0.390 e. The number of carbonyl (C=O) groups is 1. The van der Waals surface area contributed by atoms with Crippen LogP contribution in [-0.2, 0) is 11.3 Å². The van der Waals surface area contributed by atoms with Crippen LogP contribution in [-0.4, -0.2) is 36.5 Å². The summed E-state index contributed by atoms with van der Waals surface area (Å²) in [6, 6.07) is 3.75. The van der Waals surface area contributed by atoms with E-state index >= 15 is 0 Å². The molecule has 32 heavy (non-hydrogen) atoms. The van der Waals surface area contributed by atoms with Crippen molar-refractivity contribution in [3.05, 3.63) is 18.3 Å². The van der Waals surface area contributed by atoms with Crippen molar-refractivity contribution in [1.82, 2.24) is 20.0 Å². The Bertz CT molecular complexity index is 1030. The van der Waals surface area contributed by atoms with Crippen molar-refractivity contribution in [2.45, 2.75) is 83.8 Å².